The lowest BCUT2D eigenvalue weighted by Crippen LogP contribution is -2.47. The predicted molar refractivity (Wildman–Crippen MR) is 147 cm³/mol. The number of benzene rings is 1. The first kappa shape index (κ1) is 25.0. The number of carbonyl (C=O) groups excluding carboxylic acids is 1. The quantitative estimate of drug-likeness (QED) is 0.375. The van der Waals surface area contributed by atoms with E-state index in [1.165, 1.54) is 0 Å². The van der Waals surface area contributed by atoms with Crippen molar-refractivity contribution in [3.63, 3.8) is 0 Å². The van der Waals surface area contributed by atoms with E-state index in [0.29, 0.717) is 28.0 Å². The SMILES string of the molecule is Cc1cc(C#CC23CCN(CC2)CC3)cc(C(=O)NC(c2ncn3c2C[C@@H](F)C3)c2[nH]c3ccccc3c2F)n1. The number of para-hydroxylation sites is 1. The number of carbonyl (C=O) groups is 1. The van der Waals surface area contributed by atoms with Crippen LogP contribution in [0.1, 0.15) is 64.1 Å². The van der Waals surface area contributed by atoms with Gasteiger partial charge in [-0.05, 0) is 70.1 Å². The van der Waals surface area contributed by atoms with E-state index in [0.717, 1.165) is 44.5 Å². The molecule has 9 heteroatoms. The average Bonchev–Trinajstić information content (AvgIpc) is 3.63. The van der Waals surface area contributed by atoms with Crippen molar-refractivity contribution in [3.8, 4) is 11.8 Å². The monoisotopic (exact) mass is 540 g/mol. The number of pyridine rings is 1. The molecule has 3 aromatic heterocycles. The number of aryl methyl sites for hydroxylation is 1. The highest BCUT2D eigenvalue weighted by Crippen LogP contribution is 2.39. The fourth-order valence-electron chi connectivity index (χ4n) is 6.42. The number of aromatic nitrogens is 4. The number of amides is 1. The molecule has 7 nitrogen and oxygen atoms in total. The summed E-state index contributed by atoms with van der Waals surface area (Å²) >= 11 is 0. The largest absolute Gasteiger partial charge is 0.354 e. The summed E-state index contributed by atoms with van der Waals surface area (Å²) in [5, 5.41) is 3.37. The van der Waals surface area contributed by atoms with Crippen LogP contribution in [-0.4, -0.2) is 56.1 Å². The van der Waals surface area contributed by atoms with Crippen molar-refractivity contribution in [2.24, 2.45) is 5.41 Å². The summed E-state index contributed by atoms with van der Waals surface area (Å²) in [6.07, 6.45) is 3.89. The summed E-state index contributed by atoms with van der Waals surface area (Å²) in [7, 11) is 0. The Hall–Kier alpha value is -4.03. The Morgan fingerprint density at radius 2 is 1.98 bits per heavy atom. The van der Waals surface area contributed by atoms with Gasteiger partial charge in [-0.15, -0.1) is 0 Å². The van der Waals surface area contributed by atoms with Gasteiger partial charge in [-0.1, -0.05) is 24.0 Å². The summed E-state index contributed by atoms with van der Waals surface area (Å²) in [4.78, 5) is 28.3. The van der Waals surface area contributed by atoms with Crippen molar-refractivity contribution in [2.45, 2.75) is 51.4 Å². The van der Waals surface area contributed by atoms with Crippen LogP contribution in [0.4, 0.5) is 8.78 Å². The van der Waals surface area contributed by atoms with Crippen LogP contribution in [0.3, 0.4) is 0 Å². The number of imidazole rings is 1. The van der Waals surface area contributed by atoms with Crippen LogP contribution in [0.25, 0.3) is 10.9 Å². The highest BCUT2D eigenvalue weighted by Gasteiger charge is 2.38. The summed E-state index contributed by atoms with van der Waals surface area (Å²) in [5.74, 6) is 5.92. The number of halogens is 2. The van der Waals surface area contributed by atoms with Gasteiger partial charge in [-0.2, -0.15) is 0 Å². The molecule has 0 spiro atoms. The first-order valence-corrected chi connectivity index (χ1v) is 13.9. The van der Waals surface area contributed by atoms with Crippen LogP contribution in [0, 0.1) is 30.0 Å². The number of aromatic amines is 1. The Bertz CT molecular complexity index is 1670. The second-order valence-corrected chi connectivity index (χ2v) is 11.3. The molecule has 4 aromatic rings. The number of rotatable bonds is 4. The molecule has 4 aliphatic rings. The van der Waals surface area contributed by atoms with Gasteiger partial charge < -0.3 is 19.8 Å². The predicted octanol–water partition coefficient (Wildman–Crippen LogP) is 4.46. The van der Waals surface area contributed by atoms with E-state index in [9.17, 15) is 9.18 Å². The molecule has 204 valence electrons. The molecular weight excluding hydrogens is 510 g/mol. The van der Waals surface area contributed by atoms with Crippen molar-refractivity contribution in [2.75, 3.05) is 19.6 Å². The molecule has 2 N–H and O–H groups in total. The van der Waals surface area contributed by atoms with E-state index < -0.39 is 23.9 Å². The molecule has 2 atom stereocenters. The fourth-order valence-corrected chi connectivity index (χ4v) is 6.42. The van der Waals surface area contributed by atoms with Crippen molar-refractivity contribution in [1.29, 1.82) is 0 Å². The van der Waals surface area contributed by atoms with E-state index in [1.807, 2.05) is 19.1 Å². The molecule has 0 aliphatic carbocycles. The Labute approximate surface area is 231 Å². The third-order valence-electron chi connectivity index (χ3n) is 8.67. The maximum Gasteiger partial charge on any atom is 0.270 e. The van der Waals surface area contributed by atoms with E-state index in [2.05, 4.69) is 37.0 Å². The van der Waals surface area contributed by atoms with Gasteiger partial charge in [-0.25, -0.2) is 18.7 Å². The number of hydrogen-bond acceptors (Lipinski definition) is 4. The maximum absolute atomic E-state index is 15.7. The van der Waals surface area contributed by atoms with Gasteiger partial charge in [0.1, 0.15) is 17.9 Å². The number of nitrogens with one attached hydrogen (secondary N) is 2. The Kier molecular flexibility index (Phi) is 5.97. The number of alkyl halides is 1. The van der Waals surface area contributed by atoms with Crippen molar-refractivity contribution >= 4 is 16.8 Å². The standard InChI is InChI=1S/C31H30F2N6O/c1-19-14-20(6-7-31-8-11-38(12-9-31)13-10-31)15-24(35-19)30(40)37-29(27-25-16-21(32)17-39(25)18-34-27)28-26(33)22-4-2-3-5-23(22)36-28/h2-5,14-15,18,21,29,36H,8-13,16-17H2,1H3,(H,37,40)/t21-,29?/m1/s1. The van der Waals surface area contributed by atoms with Crippen LogP contribution in [0.2, 0.25) is 0 Å². The minimum atomic E-state index is -1.05. The van der Waals surface area contributed by atoms with Crippen molar-refractivity contribution in [3.05, 3.63) is 82.6 Å². The van der Waals surface area contributed by atoms with Gasteiger partial charge in [0.05, 0.1) is 24.3 Å². The van der Waals surface area contributed by atoms with Gasteiger partial charge in [0.2, 0.25) is 0 Å². The average molecular weight is 541 g/mol. The Morgan fingerprint density at radius 3 is 2.75 bits per heavy atom. The Morgan fingerprint density at radius 1 is 1.20 bits per heavy atom. The number of nitrogens with zero attached hydrogens (tertiary/aromatic N) is 4. The van der Waals surface area contributed by atoms with E-state index in [4.69, 9.17) is 0 Å². The number of fused-ring (bicyclic) bond motifs is 5. The molecule has 3 saturated heterocycles. The molecule has 1 amide bonds. The molecule has 0 radical (unpaired) electrons. The number of hydrogen-bond donors (Lipinski definition) is 2. The van der Waals surface area contributed by atoms with E-state index >= 15 is 4.39 Å². The molecule has 0 saturated carbocycles. The highest BCUT2D eigenvalue weighted by atomic mass is 19.1. The second kappa shape index (κ2) is 9.56. The van der Waals surface area contributed by atoms with Gasteiger partial charge in [-0.3, -0.25) is 4.79 Å². The minimum absolute atomic E-state index is 0.0440. The van der Waals surface area contributed by atoms with Crippen LogP contribution in [-0.2, 0) is 13.0 Å². The molecule has 7 heterocycles. The summed E-state index contributed by atoms with van der Waals surface area (Å²) in [6, 6.07) is 9.65. The molecular formula is C31H30F2N6O. The molecule has 40 heavy (non-hydrogen) atoms. The lowest BCUT2D eigenvalue weighted by molar-refractivity contribution is 0.0680. The lowest BCUT2D eigenvalue weighted by atomic mass is 9.72. The maximum atomic E-state index is 15.7. The minimum Gasteiger partial charge on any atom is -0.354 e. The van der Waals surface area contributed by atoms with Gasteiger partial charge >= 0.3 is 0 Å². The highest BCUT2D eigenvalue weighted by molar-refractivity contribution is 5.93. The second-order valence-electron chi connectivity index (χ2n) is 11.3. The van der Waals surface area contributed by atoms with Gasteiger partial charge in [0.15, 0.2) is 5.82 Å². The Balaban J connectivity index is 1.23. The molecule has 8 rings (SSSR count). The zero-order valence-electron chi connectivity index (χ0n) is 22.3. The molecule has 2 bridgehead atoms. The van der Waals surface area contributed by atoms with Crippen LogP contribution < -0.4 is 5.32 Å². The van der Waals surface area contributed by atoms with Gasteiger partial charge in [0, 0.05) is 39.7 Å². The molecule has 1 unspecified atom stereocenters. The molecule has 1 aromatic carbocycles. The third-order valence-corrected chi connectivity index (χ3v) is 8.67. The summed E-state index contributed by atoms with van der Waals surface area (Å²) in [5.41, 5.74) is 3.50. The van der Waals surface area contributed by atoms with Crippen molar-refractivity contribution in [1.82, 2.24) is 29.7 Å². The van der Waals surface area contributed by atoms with Crippen LogP contribution in [0.15, 0.2) is 42.7 Å². The first-order chi connectivity index (χ1) is 19.4. The van der Waals surface area contributed by atoms with E-state index in [1.54, 1.807) is 35.2 Å². The third kappa shape index (κ3) is 4.37. The number of piperidine rings is 3. The van der Waals surface area contributed by atoms with Crippen LogP contribution >= 0.6 is 0 Å². The van der Waals surface area contributed by atoms with Crippen LogP contribution in [0.5, 0.6) is 0 Å². The molecule has 4 aliphatic heterocycles. The first-order valence-electron chi connectivity index (χ1n) is 13.9. The zero-order chi connectivity index (χ0) is 27.4. The van der Waals surface area contributed by atoms with Gasteiger partial charge in [0.25, 0.3) is 5.91 Å². The summed E-state index contributed by atoms with van der Waals surface area (Å²) in [6.45, 7) is 5.29. The van der Waals surface area contributed by atoms with E-state index in [-0.39, 0.29) is 29.8 Å². The topological polar surface area (TPSA) is 78.8 Å². The lowest BCUT2D eigenvalue weighted by Gasteiger charge is -2.45. The molecule has 3 fully saturated rings. The smallest absolute Gasteiger partial charge is 0.270 e. The normalized spacial score (nSPS) is 24.0. The zero-order valence-corrected chi connectivity index (χ0v) is 22.3. The summed E-state index contributed by atoms with van der Waals surface area (Å²) < 4.78 is 31.7. The van der Waals surface area contributed by atoms with Crippen molar-refractivity contribution < 1.29 is 13.6 Å². The fraction of sp³-hybridized carbons (Fsp3) is 0.387. The number of H-pyrrole nitrogens is 1.